The Balaban J connectivity index is -0.000000105. The molecule has 17 heavy (non-hydrogen) atoms. The van der Waals surface area contributed by atoms with Gasteiger partial charge in [0.1, 0.15) is 0 Å². The van der Waals surface area contributed by atoms with Crippen LogP contribution in [0.3, 0.4) is 0 Å². The Bertz CT molecular complexity index is 262. The molecular formula is C5H10KNNaO8P. The molecule has 0 fully saturated rings. The van der Waals surface area contributed by atoms with E-state index < -0.39 is 25.8 Å². The molecule has 12 heteroatoms. The smallest absolute Gasteiger partial charge is 0.550 e. The maximum atomic E-state index is 9.86. The number of carbonyl (C=O) groups excluding carboxylic acids is 2. The second-order valence-electron chi connectivity index (χ2n) is 2.35. The van der Waals surface area contributed by atoms with Crippen molar-refractivity contribution in [2.45, 2.75) is 18.9 Å². The van der Waals surface area contributed by atoms with Crippen LogP contribution in [0.1, 0.15) is 12.8 Å². The molecule has 0 amide bonds. The fraction of sp³-hybridized carbons (Fsp3) is 0.600. The van der Waals surface area contributed by atoms with Gasteiger partial charge in [-0.05, 0) is 12.8 Å². The number of hydrogen-bond donors (Lipinski definition) is 4. The monoisotopic (exact) mass is 305 g/mol. The molecule has 0 saturated heterocycles. The Morgan fingerprint density at radius 2 is 1.53 bits per heavy atom. The van der Waals surface area contributed by atoms with Gasteiger partial charge in [0, 0.05) is 12.0 Å². The van der Waals surface area contributed by atoms with E-state index >= 15 is 0 Å². The van der Waals surface area contributed by atoms with E-state index in [9.17, 15) is 19.8 Å². The second kappa shape index (κ2) is 14.1. The summed E-state index contributed by atoms with van der Waals surface area (Å²) in [5, 5.41) is 19.6. The van der Waals surface area contributed by atoms with Crippen LogP contribution < -0.4 is 96.9 Å². The number of aliphatic carboxylic acids is 2. The molecule has 0 rings (SSSR count). The Kier molecular flexibility index (Phi) is 22.4. The number of carbonyl (C=O) groups is 2. The van der Waals surface area contributed by atoms with Crippen LogP contribution in [0.5, 0.6) is 0 Å². The molecule has 0 aliphatic rings. The average molecular weight is 305 g/mol. The zero-order valence-corrected chi connectivity index (χ0v) is 15.4. The summed E-state index contributed by atoms with van der Waals surface area (Å²) in [6, 6.07) is -1.21. The third-order valence-corrected chi connectivity index (χ3v) is 0.962. The number of rotatable bonds is 4. The van der Waals surface area contributed by atoms with E-state index in [1.54, 1.807) is 0 Å². The average Bonchev–Trinajstić information content (AvgIpc) is 1.96. The van der Waals surface area contributed by atoms with Crippen molar-refractivity contribution in [1.82, 2.24) is 0 Å². The molecule has 0 spiro atoms. The van der Waals surface area contributed by atoms with Crippen molar-refractivity contribution in [3.63, 3.8) is 0 Å². The molecule has 0 aliphatic carbocycles. The Hall–Kier alpha value is 1.65. The van der Waals surface area contributed by atoms with E-state index in [1.807, 2.05) is 0 Å². The molecule has 0 aliphatic heterocycles. The van der Waals surface area contributed by atoms with Crippen LogP contribution in [0.25, 0.3) is 0 Å². The molecule has 0 heterocycles. The van der Waals surface area contributed by atoms with E-state index in [2.05, 4.69) is 0 Å². The molecular weight excluding hydrogens is 295 g/mol. The Morgan fingerprint density at radius 1 is 1.24 bits per heavy atom. The molecule has 0 aromatic heterocycles. The van der Waals surface area contributed by atoms with Gasteiger partial charge in [-0.15, -0.1) is 0 Å². The number of phosphoric acid groups is 1. The van der Waals surface area contributed by atoms with Crippen molar-refractivity contribution in [3.05, 3.63) is 0 Å². The van der Waals surface area contributed by atoms with Gasteiger partial charge >= 0.3 is 88.8 Å². The van der Waals surface area contributed by atoms with E-state index in [-0.39, 0.29) is 93.8 Å². The predicted molar refractivity (Wildman–Crippen MR) is 41.5 cm³/mol. The molecule has 0 bridgehead atoms. The first-order valence-corrected chi connectivity index (χ1v) is 5.05. The van der Waals surface area contributed by atoms with Crippen molar-refractivity contribution in [2.24, 2.45) is 5.73 Å². The molecule has 0 unspecified atom stereocenters. The minimum absolute atomic E-state index is 0. The quantitative estimate of drug-likeness (QED) is 0.289. The summed E-state index contributed by atoms with van der Waals surface area (Å²) in [4.78, 5) is 41.2. The standard InChI is InChI=1S/C5H9NO4.K.Na.H3O4P/c6-3(5(9)10)1-2-4(7)8;;;1-5(2,3)4/h3H,1-2,6H2,(H,7,8)(H,9,10);;;(H3,1,2,3,4)/q;2*+1;/p-2/t3-;;;/m0.../s1. The fourth-order valence-corrected chi connectivity index (χ4v) is 0.391. The second-order valence-corrected chi connectivity index (χ2v) is 3.38. The number of nitrogens with two attached hydrogens (primary N) is 1. The predicted octanol–water partition coefficient (Wildman–Crippen LogP) is -10.3. The molecule has 0 radical (unpaired) electrons. The van der Waals surface area contributed by atoms with Gasteiger partial charge in [0.2, 0.25) is 0 Å². The van der Waals surface area contributed by atoms with Crippen molar-refractivity contribution in [3.8, 4) is 0 Å². The van der Waals surface area contributed by atoms with Gasteiger partial charge in [-0.25, -0.2) is 4.57 Å². The first-order chi connectivity index (χ1) is 6.54. The van der Waals surface area contributed by atoms with E-state index in [0.29, 0.717) is 0 Å². The Morgan fingerprint density at radius 3 is 1.71 bits per heavy atom. The van der Waals surface area contributed by atoms with Crippen LogP contribution >= 0.6 is 7.82 Å². The van der Waals surface area contributed by atoms with E-state index in [1.165, 1.54) is 0 Å². The summed E-state index contributed by atoms with van der Waals surface area (Å²) < 4.78 is 8.88. The normalized spacial score (nSPS) is 10.8. The van der Waals surface area contributed by atoms with Gasteiger partial charge in [-0.3, -0.25) is 0 Å². The molecule has 0 saturated carbocycles. The summed E-state index contributed by atoms with van der Waals surface area (Å²) in [5.41, 5.74) is 4.91. The Labute approximate surface area is 162 Å². The first-order valence-electron chi connectivity index (χ1n) is 3.48. The first kappa shape index (κ1) is 27.1. The van der Waals surface area contributed by atoms with Crippen molar-refractivity contribution < 1.29 is 120 Å². The van der Waals surface area contributed by atoms with Gasteiger partial charge in [-0.1, -0.05) is 0 Å². The van der Waals surface area contributed by atoms with Crippen molar-refractivity contribution in [1.29, 1.82) is 0 Å². The van der Waals surface area contributed by atoms with Gasteiger partial charge in [0.15, 0.2) is 0 Å². The van der Waals surface area contributed by atoms with E-state index in [4.69, 9.17) is 25.0 Å². The fourth-order valence-electron chi connectivity index (χ4n) is 0.391. The SMILES string of the molecule is N[C@@H](CCC(=O)[O-])C(=O)[O-].O=P(O)(O)O.[K+].[Na+]. The van der Waals surface area contributed by atoms with E-state index in [0.717, 1.165) is 0 Å². The van der Waals surface area contributed by atoms with Crippen LogP contribution in [-0.2, 0) is 14.2 Å². The minimum atomic E-state index is -4.64. The van der Waals surface area contributed by atoms with Gasteiger partial charge in [0.05, 0.1) is 5.97 Å². The zero-order chi connectivity index (χ0) is 12.6. The molecule has 5 N–H and O–H groups in total. The van der Waals surface area contributed by atoms with Crippen molar-refractivity contribution in [2.75, 3.05) is 0 Å². The summed E-state index contributed by atoms with van der Waals surface area (Å²) in [6.45, 7) is 0. The van der Waals surface area contributed by atoms with Crippen LogP contribution in [-0.4, -0.2) is 32.7 Å². The van der Waals surface area contributed by atoms with Crippen LogP contribution in [0.4, 0.5) is 0 Å². The molecule has 90 valence electrons. The third-order valence-electron chi connectivity index (χ3n) is 0.962. The summed E-state index contributed by atoms with van der Waals surface area (Å²) in [5.74, 6) is -2.75. The summed E-state index contributed by atoms with van der Waals surface area (Å²) in [6.07, 6.45) is -0.500. The van der Waals surface area contributed by atoms with Crippen molar-refractivity contribution >= 4 is 19.8 Å². The van der Waals surface area contributed by atoms with Crippen LogP contribution in [0.2, 0.25) is 0 Å². The maximum Gasteiger partial charge on any atom is 1.00 e. The number of carboxylic acids is 2. The molecule has 1 atom stereocenters. The summed E-state index contributed by atoms with van der Waals surface area (Å²) in [7, 11) is -4.64. The maximum absolute atomic E-state index is 9.86. The molecule has 9 nitrogen and oxygen atoms in total. The number of hydrogen-bond acceptors (Lipinski definition) is 6. The van der Waals surface area contributed by atoms with Crippen LogP contribution in [0.15, 0.2) is 0 Å². The van der Waals surface area contributed by atoms with Crippen LogP contribution in [0, 0.1) is 0 Å². The van der Waals surface area contributed by atoms with Gasteiger partial charge in [-0.2, -0.15) is 0 Å². The zero-order valence-electron chi connectivity index (χ0n) is 9.40. The topological polar surface area (TPSA) is 184 Å². The third kappa shape index (κ3) is 38.1. The van der Waals surface area contributed by atoms with Gasteiger partial charge < -0.3 is 40.2 Å². The number of carboxylic acid groups (broad SMARTS) is 2. The largest absolute Gasteiger partial charge is 1.00 e. The molecule has 0 aromatic carbocycles. The molecule has 0 aromatic rings. The summed E-state index contributed by atoms with van der Waals surface area (Å²) >= 11 is 0. The minimum Gasteiger partial charge on any atom is -0.550 e. The van der Waals surface area contributed by atoms with Gasteiger partial charge in [0.25, 0.3) is 0 Å².